The summed E-state index contributed by atoms with van der Waals surface area (Å²) in [6.45, 7) is 9.10. The first-order valence-corrected chi connectivity index (χ1v) is 9.40. The Hall–Kier alpha value is -1.62. The summed E-state index contributed by atoms with van der Waals surface area (Å²) in [4.78, 5) is 4.72. The predicted molar refractivity (Wildman–Crippen MR) is 110 cm³/mol. The molecule has 132 valence electrons. The van der Waals surface area contributed by atoms with Crippen molar-refractivity contribution in [1.82, 2.24) is 9.80 Å². The van der Waals surface area contributed by atoms with Gasteiger partial charge in [-0.3, -0.25) is 4.90 Å². The number of piperazine rings is 1. The molecule has 1 heterocycles. The minimum atomic E-state index is 0.721. The molecule has 2 aromatic rings. The van der Waals surface area contributed by atoms with Crippen LogP contribution in [-0.4, -0.2) is 41.1 Å². The van der Waals surface area contributed by atoms with Crippen LogP contribution in [0.5, 0.6) is 0 Å². The lowest BCUT2D eigenvalue weighted by molar-refractivity contribution is 0.177. The number of nitrogens with one attached hydrogen (secondary N) is 1. The van der Waals surface area contributed by atoms with E-state index in [4.69, 9.17) is 23.8 Å². The Kier molecular flexibility index (Phi) is 5.94. The molecule has 0 aliphatic carbocycles. The number of aryl methyl sites for hydroxylation is 2. The summed E-state index contributed by atoms with van der Waals surface area (Å²) >= 11 is 11.7. The van der Waals surface area contributed by atoms with Crippen molar-refractivity contribution < 1.29 is 0 Å². The van der Waals surface area contributed by atoms with E-state index in [9.17, 15) is 0 Å². The maximum absolute atomic E-state index is 6.09. The standard InChI is InChI=1S/C20H24ClN3S/c1-15-3-6-17(7-4-15)14-23-9-11-24(12-10-23)20(25)22-19-13-18(21)8-5-16(19)2/h3-8,13H,9-12,14H2,1-2H3,(H,22,25). The number of hydrogen-bond acceptors (Lipinski definition) is 2. The van der Waals surface area contributed by atoms with E-state index >= 15 is 0 Å². The monoisotopic (exact) mass is 373 g/mol. The highest BCUT2D eigenvalue weighted by atomic mass is 35.5. The maximum Gasteiger partial charge on any atom is 0.173 e. The van der Waals surface area contributed by atoms with Gasteiger partial charge in [0.25, 0.3) is 0 Å². The van der Waals surface area contributed by atoms with Crippen LogP contribution >= 0.6 is 23.8 Å². The van der Waals surface area contributed by atoms with Crippen molar-refractivity contribution in [3.63, 3.8) is 0 Å². The Morgan fingerprint density at radius 1 is 1.04 bits per heavy atom. The first-order valence-electron chi connectivity index (χ1n) is 8.61. The average Bonchev–Trinajstić information content (AvgIpc) is 2.61. The molecule has 1 aliphatic rings. The fourth-order valence-electron chi connectivity index (χ4n) is 2.98. The molecule has 2 aromatic carbocycles. The Morgan fingerprint density at radius 2 is 1.72 bits per heavy atom. The first-order chi connectivity index (χ1) is 12.0. The van der Waals surface area contributed by atoms with Gasteiger partial charge in [-0.15, -0.1) is 0 Å². The van der Waals surface area contributed by atoms with Crippen LogP contribution in [0.15, 0.2) is 42.5 Å². The third kappa shape index (κ3) is 4.94. The highest BCUT2D eigenvalue weighted by molar-refractivity contribution is 7.80. The Bertz CT molecular complexity index is 737. The smallest absolute Gasteiger partial charge is 0.173 e. The van der Waals surface area contributed by atoms with Crippen LogP contribution in [-0.2, 0) is 6.54 Å². The second kappa shape index (κ2) is 8.17. The van der Waals surface area contributed by atoms with Crippen LogP contribution in [0, 0.1) is 13.8 Å². The number of anilines is 1. The molecule has 3 rings (SSSR count). The van der Waals surface area contributed by atoms with E-state index in [0.29, 0.717) is 0 Å². The minimum Gasteiger partial charge on any atom is -0.346 e. The summed E-state index contributed by atoms with van der Waals surface area (Å²) < 4.78 is 0. The van der Waals surface area contributed by atoms with Crippen LogP contribution in [0.4, 0.5) is 5.69 Å². The van der Waals surface area contributed by atoms with Crippen molar-refractivity contribution in [1.29, 1.82) is 0 Å². The van der Waals surface area contributed by atoms with Crippen LogP contribution in [0.1, 0.15) is 16.7 Å². The summed E-state index contributed by atoms with van der Waals surface area (Å²) in [6.07, 6.45) is 0. The molecule has 1 N–H and O–H groups in total. The van der Waals surface area contributed by atoms with Gasteiger partial charge in [-0.25, -0.2) is 0 Å². The zero-order chi connectivity index (χ0) is 17.8. The molecule has 0 unspecified atom stereocenters. The molecule has 1 saturated heterocycles. The highest BCUT2D eigenvalue weighted by Gasteiger charge is 2.19. The Balaban J connectivity index is 1.52. The van der Waals surface area contributed by atoms with E-state index in [0.717, 1.165) is 54.1 Å². The van der Waals surface area contributed by atoms with Gasteiger partial charge < -0.3 is 10.2 Å². The van der Waals surface area contributed by atoms with Crippen LogP contribution in [0.25, 0.3) is 0 Å². The summed E-state index contributed by atoms with van der Waals surface area (Å²) in [5.41, 5.74) is 4.81. The fourth-order valence-corrected chi connectivity index (χ4v) is 3.45. The zero-order valence-corrected chi connectivity index (χ0v) is 16.3. The van der Waals surface area contributed by atoms with Crippen molar-refractivity contribution >= 4 is 34.6 Å². The number of rotatable bonds is 3. The highest BCUT2D eigenvalue weighted by Crippen LogP contribution is 2.21. The Labute approximate surface area is 160 Å². The fraction of sp³-hybridized carbons (Fsp3) is 0.350. The van der Waals surface area contributed by atoms with Crippen molar-refractivity contribution in [3.05, 3.63) is 64.2 Å². The molecule has 1 aliphatic heterocycles. The molecule has 0 amide bonds. The molecule has 0 atom stereocenters. The summed E-state index contributed by atoms with van der Waals surface area (Å²) in [5.74, 6) is 0. The van der Waals surface area contributed by atoms with Crippen LogP contribution < -0.4 is 5.32 Å². The number of benzene rings is 2. The van der Waals surface area contributed by atoms with E-state index < -0.39 is 0 Å². The molecule has 0 saturated carbocycles. The first kappa shape index (κ1) is 18.2. The van der Waals surface area contributed by atoms with Crippen LogP contribution in [0.3, 0.4) is 0 Å². The number of thiocarbonyl (C=S) groups is 1. The second-order valence-corrected chi connectivity index (χ2v) is 7.46. The van der Waals surface area contributed by atoms with Gasteiger partial charge in [0.2, 0.25) is 0 Å². The van der Waals surface area contributed by atoms with Gasteiger partial charge >= 0.3 is 0 Å². The average molecular weight is 374 g/mol. The summed E-state index contributed by atoms with van der Waals surface area (Å²) in [5, 5.41) is 4.85. The van der Waals surface area contributed by atoms with Gasteiger partial charge in [0, 0.05) is 43.4 Å². The minimum absolute atomic E-state index is 0.721. The predicted octanol–water partition coefficient (Wildman–Crippen LogP) is 4.47. The van der Waals surface area contributed by atoms with Gasteiger partial charge in [0.05, 0.1) is 0 Å². The van der Waals surface area contributed by atoms with E-state index in [1.54, 1.807) is 0 Å². The molecular formula is C20H24ClN3S. The van der Waals surface area contributed by atoms with Crippen molar-refractivity contribution in [2.24, 2.45) is 0 Å². The number of halogens is 1. The SMILES string of the molecule is Cc1ccc(CN2CCN(C(=S)Nc3cc(Cl)ccc3C)CC2)cc1. The maximum atomic E-state index is 6.09. The van der Waals surface area contributed by atoms with Crippen molar-refractivity contribution in [2.75, 3.05) is 31.5 Å². The molecule has 0 aromatic heterocycles. The van der Waals surface area contributed by atoms with Gasteiger partial charge in [0.1, 0.15) is 0 Å². The van der Waals surface area contributed by atoms with Gasteiger partial charge in [0.15, 0.2) is 5.11 Å². The summed E-state index contributed by atoms with van der Waals surface area (Å²) in [7, 11) is 0. The lowest BCUT2D eigenvalue weighted by atomic mass is 10.1. The zero-order valence-electron chi connectivity index (χ0n) is 14.8. The lowest BCUT2D eigenvalue weighted by Crippen LogP contribution is -2.49. The summed E-state index contributed by atoms with van der Waals surface area (Å²) in [6, 6.07) is 14.6. The molecule has 0 spiro atoms. The molecule has 3 nitrogen and oxygen atoms in total. The second-order valence-electron chi connectivity index (χ2n) is 6.64. The largest absolute Gasteiger partial charge is 0.346 e. The molecule has 1 fully saturated rings. The number of hydrogen-bond donors (Lipinski definition) is 1. The van der Waals surface area contributed by atoms with E-state index in [2.05, 4.69) is 53.2 Å². The van der Waals surface area contributed by atoms with E-state index in [-0.39, 0.29) is 0 Å². The lowest BCUT2D eigenvalue weighted by Gasteiger charge is -2.36. The van der Waals surface area contributed by atoms with Gasteiger partial charge in [-0.05, 0) is 49.3 Å². The Morgan fingerprint density at radius 3 is 2.40 bits per heavy atom. The van der Waals surface area contributed by atoms with Gasteiger partial charge in [-0.2, -0.15) is 0 Å². The van der Waals surface area contributed by atoms with Crippen LogP contribution in [0.2, 0.25) is 5.02 Å². The number of nitrogens with zero attached hydrogens (tertiary/aromatic N) is 2. The molecule has 0 bridgehead atoms. The third-order valence-corrected chi connectivity index (χ3v) is 5.22. The topological polar surface area (TPSA) is 18.5 Å². The molecule has 0 radical (unpaired) electrons. The van der Waals surface area contributed by atoms with Gasteiger partial charge in [-0.1, -0.05) is 47.5 Å². The molecule has 5 heteroatoms. The quantitative estimate of drug-likeness (QED) is 0.799. The normalized spacial score (nSPS) is 15.2. The van der Waals surface area contributed by atoms with Crippen molar-refractivity contribution in [3.8, 4) is 0 Å². The third-order valence-electron chi connectivity index (χ3n) is 4.63. The molecular weight excluding hydrogens is 350 g/mol. The van der Waals surface area contributed by atoms with E-state index in [1.165, 1.54) is 11.1 Å². The van der Waals surface area contributed by atoms with E-state index in [1.807, 2.05) is 18.2 Å². The van der Waals surface area contributed by atoms with Crippen molar-refractivity contribution in [2.45, 2.75) is 20.4 Å². The molecule has 25 heavy (non-hydrogen) atoms.